The van der Waals surface area contributed by atoms with Crippen LogP contribution in [0.1, 0.15) is 5.56 Å². The van der Waals surface area contributed by atoms with E-state index in [0.717, 1.165) is 35.0 Å². The maximum absolute atomic E-state index is 5.86. The zero-order valence-corrected chi connectivity index (χ0v) is 13.5. The molecule has 4 rings (SSSR count). The number of benzene rings is 2. The molecule has 2 heterocycles. The summed E-state index contributed by atoms with van der Waals surface area (Å²) in [6.45, 7) is 0.688. The number of nitrogens with zero attached hydrogens (tertiary/aromatic N) is 1. The van der Waals surface area contributed by atoms with Gasteiger partial charge in [-0.1, -0.05) is 36.4 Å². The van der Waals surface area contributed by atoms with Gasteiger partial charge < -0.3 is 14.8 Å². The number of methoxy groups -OCH3 is 1. The minimum Gasteiger partial charge on any atom is -0.497 e. The van der Waals surface area contributed by atoms with E-state index in [-0.39, 0.29) is 0 Å². The molecule has 0 amide bonds. The van der Waals surface area contributed by atoms with E-state index >= 15 is 0 Å². The highest BCUT2D eigenvalue weighted by molar-refractivity contribution is 5.76. The fourth-order valence-corrected chi connectivity index (χ4v) is 2.98. The lowest BCUT2D eigenvalue weighted by Gasteiger charge is -2.13. The van der Waals surface area contributed by atoms with Crippen LogP contribution in [-0.2, 0) is 6.42 Å². The van der Waals surface area contributed by atoms with Crippen LogP contribution in [0.5, 0.6) is 11.5 Å². The number of hydrogen-bond donors (Lipinski definition) is 1. The number of fused-ring (bicyclic) bond motifs is 1. The van der Waals surface area contributed by atoms with Crippen molar-refractivity contribution < 1.29 is 9.47 Å². The number of ether oxygens (including phenoxy) is 2. The third kappa shape index (κ3) is 2.67. The zero-order valence-electron chi connectivity index (χ0n) is 13.5. The number of nitrogens with one attached hydrogen (secondary N) is 1. The van der Waals surface area contributed by atoms with Gasteiger partial charge in [-0.15, -0.1) is 0 Å². The van der Waals surface area contributed by atoms with Gasteiger partial charge in [0, 0.05) is 35.5 Å². The Kier molecular flexibility index (Phi) is 3.79. The summed E-state index contributed by atoms with van der Waals surface area (Å²) in [7, 11) is 1.66. The van der Waals surface area contributed by atoms with Gasteiger partial charge in [0.1, 0.15) is 5.75 Å². The molecule has 1 N–H and O–H groups in total. The van der Waals surface area contributed by atoms with Gasteiger partial charge in [0.05, 0.1) is 13.7 Å². The van der Waals surface area contributed by atoms with Crippen molar-refractivity contribution in [2.24, 2.45) is 0 Å². The lowest BCUT2D eigenvalue weighted by atomic mass is 10.0. The van der Waals surface area contributed by atoms with Crippen LogP contribution in [0.25, 0.3) is 11.1 Å². The molecule has 1 aromatic heterocycles. The van der Waals surface area contributed by atoms with Crippen molar-refractivity contribution in [2.45, 2.75) is 6.42 Å². The lowest BCUT2D eigenvalue weighted by molar-refractivity contribution is 0.357. The fourth-order valence-electron chi connectivity index (χ4n) is 2.98. The van der Waals surface area contributed by atoms with Crippen LogP contribution < -0.4 is 14.8 Å². The summed E-state index contributed by atoms with van der Waals surface area (Å²) in [6, 6.07) is 18.1. The summed E-state index contributed by atoms with van der Waals surface area (Å²) in [6.07, 6.45) is 2.82. The molecule has 4 nitrogen and oxygen atoms in total. The van der Waals surface area contributed by atoms with Gasteiger partial charge in [0.2, 0.25) is 0 Å². The highest BCUT2D eigenvalue weighted by Crippen LogP contribution is 2.40. The molecule has 0 aliphatic carbocycles. The molecule has 120 valence electrons. The number of pyridine rings is 1. The van der Waals surface area contributed by atoms with Crippen molar-refractivity contribution in [3.8, 4) is 22.6 Å². The van der Waals surface area contributed by atoms with Gasteiger partial charge in [-0.3, -0.25) is 0 Å². The smallest absolute Gasteiger partial charge is 0.173 e. The zero-order chi connectivity index (χ0) is 16.4. The highest BCUT2D eigenvalue weighted by atomic mass is 16.5. The van der Waals surface area contributed by atoms with Crippen molar-refractivity contribution in [1.29, 1.82) is 0 Å². The molecular formula is C20H18N2O2. The molecule has 0 saturated heterocycles. The topological polar surface area (TPSA) is 43.4 Å². The fraction of sp³-hybridized carbons (Fsp3) is 0.150. The predicted octanol–water partition coefficient (Wildman–Crippen LogP) is 4.44. The van der Waals surface area contributed by atoms with E-state index in [4.69, 9.17) is 9.47 Å². The predicted molar refractivity (Wildman–Crippen MR) is 95.1 cm³/mol. The van der Waals surface area contributed by atoms with E-state index in [2.05, 4.69) is 22.4 Å². The van der Waals surface area contributed by atoms with Crippen LogP contribution in [0.2, 0.25) is 0 Å². The highest BCUT2D eigenvalue weighted by Gasteiger charge is 2.22. The van der Waals surface area contributed by atoms with Crippen molar-refractivity contribution in [3.63, 3.8) is 0 Å². The summed E-state index contributed by atoms with van der Waals surface area (Å²) in [5, 5.41) is 3.34. The molecule has 1 aliphatic rings. The van der Waals surface area contributed by atoms with Crippen LogP contribution >= 0.6 is 0 Å². The SMILES string of the molecule is COc1cccc(Nc2ncc(-c3ccccc3)c3c2OCC3)c1. The minimum absolute atomic E-state index is 0.688. The van der Waals surface area contributed by atoms with Gasteiger partial charge in [0.15, 0.2) is 11.6 Å². The molecule has 0 spiro atoms. The van der Waals surface area contributed by atoms with Gasteiger partial charge in [0.25, 0.3) is 0 Å². The summed E-state index contributed by atoms with van der Waals surface area (Å²) in [5.41, 5.74) is 4.44. The summed E-state index contributed by atoms with van der Waals surface area (Å²) in [4.78, 5) is 4.60. The first-order valence-electron chi connectivity index (χ1n) is 7.96. The van der Waals surface area contributed by atoms with E-state index in [1.807, 2.05) is 48.7 Å². The van der Waals surface area contributed by atoms with Crippen molar-refractivity contribution in [3.05, 3.63) is 66.4 Å². The Bertz CT molecular complexity index is 863. The van der Waals surface area contributed by atoms with Crippen molar-refractivity contribution >= 4 is 11.5 Å². The molecule has 3 aromatic rings. The first-order chi connectivity index (χ1) is 11.8. The first-order valence-corrected chi connectivity index (χ1v) is 7.96. The maximum atomic E-state index is 5.86. The summed E-state index contributed by atoms with van der Waals surface area (Å²) >= 11 is 0. The number of aromatic nitrogens is 1. The van der Waals surface area contributed by atoms with E-state index in [1.165, 1.54) is 11.1 Å². The lowest BCUT2D eigenvalue weighted by Crippen LogP contribution is -1.98. The van der Waals surface area contributed by atoms with Crippen LogP contribution in [0, 0.1) is 0 Å². The van der Waals surface area contributed by atoms with E-state index in [9.17, 15) is 0 Å². The second-order valence-electron chi connectivity index (χ2n) is 5.65. The Labute approximate surface area is 141 Å². The maximum Gasteiger partial charge on any atom is 0.173 e. The molecule has 0 saturated carbocycles. The Morgan fingerprint density at radius 1 is 1.08 bits per heavy atom. The third-order valence-corrected chi connectivity index (χ3v) is 4.15. The normalized spacial score (nSPS) is 12.4. The standard InChI is InChI=1S/C20H18N2O2/c1-23-16-9-5-8-15(12-16)22-20-19-17(10-11-24-19)18(13-21-20)14-6-3-2-4-7-14/h2-9,12-13H,10-11H2,1H3,(H,21,22). The van der Waals surface area contributed by atoms with Gasteiger partial charge in [-0.2, -0.15) is 0 Å². The van der Waals surface area contributed by atoms with Gasteiger partial charge in [-0.25, -0.2) is 4.98 Å². The molecule has 1 aliphatic heterocycles. The van der Waals surface area contributed by atoms with Gasteiger partial charge >= 0.3 is 0 Å². The monoisotopic (exact) mass is 318 g/mol. The molecule has 2 aromatic carbocycles. The van der Waals surface area contributed by atoms with Crippen LogP contribution in [0.4, 0.5) is 11.5 Å². The molecule has 0 atom stereocenters. The average Bonchev–Trinajstić information content (AvgIpc) is 3.13. The molecule has 24 heavy (non-hydrogen) atoms. The Hall–Kier alpha value is -3.01. The molecule has 0 unspecified atom stereocenters. The van der Waals surface area contributed by atoms with Crippen LogP contribution in [-0.4, -0.2) is 18.7 Å². The summed E-state index contributed by atoms with van der Waals surface area (Å²) < 4.78 is 11.1. The van der Waals surface area contributed by atoms with E-state index < -0.39 is 0 Å². The molecular weight excluding hydrogens is 300 g/mol. The number of anilines is 2. The van der Waals surface area contributed by atoms with Crippen LogP contribution in [0.15, 0.2) is 60.8 Å². The molecule has 0 radical (unpaired) electrons. The average molecular weight is 318 g/mol. The second kappa shape index (κ2) is 6.24. The molecule has 4 heteroatoms. The Morgan fingerprint density at radius 2 is 1.96 bits per heavy atom. The van der Waals surface area contributed by atoms with Crippen LogP contribution in [0.3, 0.4) is 0 Å². The minimum atomic E-state index is 0.688. The molecule has 0 fully saturated rings. The third-order valence-electron chi connectivity index (χ3n) is 4.15. The first kappa shape index (κ1) is 14.6. The second-order valence-corrected chi connectivity index (χ2v) is 5.65. The number of rotatable bonds is 4. The number of hydrogen-bond acceptors (Lipinski definition) is 4. The van der Waals surface area contributed by atoms with Crippen molar-refractivity contribution in [1.82, 2.24) is 4.98 Å². The molecule has 0 bridgehead atoms. The quantitative estimate of drug-likeness (QED) is 0.772. The Balaban J connectivity index is 1.72. The van der Waals surface area contributed by atoms with Crippen molar-refractivity contribution in [2.75, 3.05) is 19.0 Å². The van der Waals surface area contributed by atoms with Gasteiger partial charge in [-0.05, 0) is 17.7 Å². The van der Waals surface area contributed by atoms with E-state index in [1.54, 1.807) is 7.11 Å². The summed E-state index contributed by atoms with van der Waals surface area (Å²) in [5.74, 6) is 2.40. The Morgan fingerprint density at radius 3 is 2.79 bits per heavy atom. The largest absolute Gasteiger partial charge is 0.497 e. The van der Waals surface area contributed by atoms with E-state index in [0.29, 0.717) is 6.61 Å².